The summed E-state index contributed by atoms with van der Waals surface area (Å²) in [5.41, 5.74) is 1.66. The van der Waals surface area contributed by atoms with Gasteiger partial charge in [-0.2, -0.15) is 4.57 Å². The zero-order valence-corrected chi connectivity index (χ0v) is 17.3. The number of anilines is 2. The van der Waals surface area contributed by atoms with Crippen molar-refractivity contribution >= 4 is 23.2 Å². The van der Waals surface area contributed by atoms with E-state index in [1.54, 1.807) is 30.0 Å². The van der Waals surface area contributed by atoms with Crippen LogP contribution >= 0.6 is 0 Å². The van der Waals surface area contributed by atoms with E-state index in [1.165, 1.54) is 0 Å². The van der Waals surface area contributed by atoms with E-state index >= 15 is 0 Å². The van der Waals surface area contributed by atoms with Crippen molar-refractivity contribution in [2.24, 2.45) is 0 Å². The molecule has 0 unspecified atom stereocenters. The van der Waals surface area contributed by atoms with Crippen LogP contribution in [0.5, 0.6) is 11.5 Å². The van der Waals surface area contributed by atoms with Crippen molar-refractivity contribution < 1.29 is 23.6 Å². The largest absolute Gasteiger partial charge is 0.454 e. The summed E-state index contributed by atoms with van der Waals surface area (Å²) < 4.78 is 12.7. The first-order chi connectivity index (χ1) is 15.0. The zero-order valence-electron chi connectivity index (χ0n) is 17.3. The number of rotatable bonds is 3. The number of para-hydroxylation sites is 1. The van der Waals surface area contributed by atoms with Crippen LogP contribution in [0.2, 0.25) is 0 Å². The number of fused-ring (bicyclic) bond motifs is 2. The number of aryl methyl sites for hydroxylation is 1. The van der Waals surface area contributed by atoms with Gasteiger partial charge in [0.2, 0.25) is 24.6 Å². The third kappa shape index (κ3) is 3.01. The maximum absolute atomic E-state index is 13.8. The van der Waals surface area contributed by atoms with Crippen molar-refractivity contribution in [3.05, 3.63) is 78.1 Å². The van der Waals surface area contributed by atoms with Crippen LogP contribution in [-0.4, -0.2) is 18.6 Å². The fraction of sp³-hybridized carbons (Fsp3) is 0.208. The molecule has 1 aromatic heterocycles. The highest BCUT2D eigenvalue weighted by Crippen LogP contribution is 2.41. The predicted molar refractivity (Wildman–Crippen MR) is 114 cm³/mol. The fourth-order valence-electron chi connectivity index (χ4n) is 4.24. The topological polar surface area (TPSA) is 71.8 Å². The number of amides is 2. The SMILES string of the molecule is Cc1ccccc1NC(=O)[C@]1(C)c2cccc[n+]2CC(=O)N1c1ccc2c(c1)OCO2. The van der Waals surface area contributed by atoms with Gasteiger partial charge in [0, 0.05) is 29.6 Å². The molecule has 156 valence electrons. The van der Waals surface area contributed by atoms with Crippen molar-refractivity contribution in [1.29, 1.82) is 0 Å². The molecule has 31 heavy (non-hydrogen) atoms. The van der Waals surface area contributed by atoms with Crippen molar-refractivity contribution in [2.45, 2.75) is 25.9 Å². The lowest BCUT2D eigenvalue weighted by Crippen LogP contribution is -2.67. The Kier molecular flexibility index (Phi) is 4.39. The maximum atomic E-state index is 13.8. The molecule has 0 saturated carbocycles. The smallest absolute Gasteiger partial charge is 0.294 e. The van der Waals surface area contributed by atoms with E-state index in [0.29, 0.717) is 22.9 Å². The second kappa shape index (κ2) is 7.12. The van der Waals surface area contributed by atoms with Gasteiger partial charge in [0.1, 0.15) is 0 Å². The van der Waals surface area contributed by atoms with E-state index in [9.17, 15) is 9.59 Å². The molecule has 3 heterocycles. The van der Waals surface area contributed by atoms with E-state index in [1.807, 2.05) is 60.2 Å². The number of pyridine rings is 1. The number of hydrogen-bond acceptors (Lipinski definition) is 4. The Bertz CT molecular complexity index is 1210. The van der Waals surface area contributed by atoms with Gasteiger partial charge in [-0.05, 0) is 37.6 Å². The van der Waals surface area contributed by atoms with Crippen molar-refractivity contribution in [3.63, 3.8) is 0 Å². The summed E-state index contributed by atoms with van der Waals surface area (Å²) in [4.78, 5) is 28.7. The number of hydrogen-bond donors (Lipinski definition) is 1. The summed E-state index contributed by atoms with van der Waals surface area (Å²) >= 11 is 0. The molecule has 1 atom stereocenters. The summed E-state index contributed by atoms with van der Waals surface area (Å²) in [6.45, 7) is 3.98. The van der Waals surface area contributed by atoms with Crippen LogP contribution in [0.1, 0.15) is 18.2 Å². The molecule has 1 N–H and O–H groups in total. The van der Waals surface area contributed by atoms with Crippen molar-refractivity contribution in [3.8, 4) is 11.5 Å². The molecule has 2 aliphatic rings. The summed E-state index contributed by atoms with van der Waals surface area (Å²) in [6.07, 6.45) is 1.82. The molecule has 0 aliphatic carbocycles. The monoisotopic (exact) mass is 416 g/mol. The number of carbonyl (C=O) groups is 2. The van der Waals surface area contributed by atoms with E-state index in [-0.39, 0.29) is 25.2 Å². The average Bonchev–Trinajstić information content (AvgIpc) is 3.23. The molecule has 0 radical (unpaired) electrons. The Morgan fingerprint density at radius 1 is 1.06 bits per heavy atom. The van der Waals surface area contributed by atoms with Gasteiger partial charge in [-0.3, -0.25) is 14.5 Å². The van der Waals surface area contributed by atoms with E-state index in [4.69, 9.17) is 9.47 Å². The van der Waals surface area contributed by atoms with Gasteiger partial charge in [0.25, 0.3) is 11.8 Å². The highest BCUT2D eigenvalue weighted by atomic mass is 16.7. The number of nitrogens with zero attached hydrogens (tertiary/aromatic N) is 2. The van der Waals surface area contributed by atoms with Gasteiger partial charge in [-0.1, -0.05) is 24.3 Å². The van der Waals surface area contributed by atoms with Crippen LogP contribution in [0.4, 0.5) is 11.4 Å². The van der Waals surface area contributed by atoms with Crippen molar-refractivity contribution in [2.75, 3.05) is 17.0 Å². The molecule has 2 aromatic carbocycles. The van der Waals surface area contributed by atoms with Gasteiger partial charge in [0.15, 0.2) is 17.7 Å². The second-order valence-electron chi connectivity index (χ2n) is 7.82. The summed E-state index contributed by atoms with van der Waals surface area (Å²) in [5, 5.41) is 3.03. The van der Waals surface area contributed by atoms with Crippen LogP contribution in [0.3, 0.4) is 0 Å². The number of carbonyl (C=O) groups excluding carboxylic acids is 2. The molecule has 2 amide bonds. The lowest BCUT2D eigenvalue weighted by Gasteiger charge is -2.40. The first-order valence-corrected chi connectivity index (χ1v) is 10.1. The summed E-state index contributed by atoms with van der Waals surface area (Å²) in [7, 11) is 0. The molecule has 0 fully saturated rings. The van der Waals surface area contributed by atoms with Crippen LogP contribution in [0.15, 0.2) is 66.9 Å². The molecular formula is C24H22N3O4+. The van der Waals surface area contributed by atoms with Crippen LogP contribution < -0.4 is 24.3 Å². The lowest BCUT2D eigenvalue weighted by atomic mass is 9.89. The summed E-state index contributed by atoms with van der Waals surface area (Å²) in [5.74, 6) is 0.685. The van der Waals surface area contributed by atoms with Gasteiger partial charge >= 0.3 is 0 Å². The minimum Gasteiger partial charge on any atom is -0.454 e. The molecule has 2 aliphatic heterocycles. The predicted octanol–water partition coefficient (Wildman–Crippen LogP) is 2.91. The van der Waals surface area contributed by atoms with Crippen LogP contribution in [0, 0.1) is 6.92 Å². The Labute approximate surface area is 179 Å². The first-order valence-electron chi connectivity index (χ1n) is 10.1. The van der Waals surface area contributed by atoms with Gasteiger partial charge < -0.3 is 14.8 Å². The number of benzene rings is 2. The van der Waals surface area contributed by atoms with E-state index in [0.717, 1.165) is 11.3 Å². The first kappa shape index (κ1) is 19.1. The second-order valence-corrected chi connectivity index (χ2v) is 7.82. The standard InChI is InChI=1S/C24H21N3O4/c1-16-7-3-4-8-18(16)25-23(29)24(2)21-9-5-6-12-26(21)14-22(28)27(24)17-10-11-19-20(13-17)31-15-30-19/h3-13H,14-15H2,1-2H3/p+1/t24-/m0/s1. The summed E-state index contributed by atoms with van der Waals surface area (Å²) in [6, 6.07) is 18.5. The third-order valence-electron chi connectivity index (χ3n) is 5.89. The normalized spacial score (nSPS) is 19.2. The zero-order chi connectivity index (χ0) is 21.6. The Morgan fingerprint density at radius 3 is 2.68 bits per heavy atom. The van der Waals surface area contributed by atoms with E-state index < -0.39 is 5.54 Å². The maximum Gasteiger partial charge on any atom is 0.294 e. The number of ether oxygens (including phenoxy) is 2. The fourth-order valence-corrected chi connectivity index (χ4v) is 4.24. The molecule has 7 nitrogen and oxygen atoms in total. The molecule has 7 heteroatoms. The van der Waals surface area contributed by atoms with Gasteiger partial charge in [-0.15, -0.1) is 0 Å². The minimum atomic E-state index is -1.29. The Balaban J connectivity index is 1.64. The van der Waals surface area contributed by atoms with Crippen molar-refractivity contribution in [1.82, 2.24) is 0 Å². The molecule has 0 spiro atoms. The van der Waals surface area contributed by atoms with Gasteiger partial charge in [0.05, 0.1) is 0 Å². The minimum absolute atomic E-state index is 0.135. The molecule has 0 saturated heterocycles. The third-order valence-corrected chi connectivity index (χ3v) is 5.89. The molecular weight excluding hydrogens is 394 g/mol. The Hall–Kier alpha value is -3.87. The average molecular weight is 416 g/mol. The molecule has 3 aromatic rings. The highest BCUT2D eigenvalue weighted by molar-refractivity contribution is 6.08. The van der Waals surface area contributed by atoms with Crippen LogP contribution in [0.25, 0.3) is 0 Å². The Morgan fingerprint density at radius 2 is 1.84 bits per heavy atom. The number of nitrogens with one attached hydrogen (secondary N) is 1. The molecule has 5 rings (SSSR count). The van der Waals surface area contributed by atoms with E-state index in [2.05, 4.69) is 5.32 Å². The number of aromatic nitrogens is 1. The highest BCUT2D eigenvalue weighted by Gasteiger charge is 2.54. The van der Waals surface area contributed by atoms with Gasteiger partial charge in [-0.25, -0.2) is 0 Å². The van der Waals surface area contributed by atoms with Crippen LogP contribution in [-0.2, 0) is 21.7 Å². The quantitative estimate of drug-likeness (QED) is 0.667. The molecule has 0 bridgehead atoms. The lowest BCUT2D eigenvalue weighted by molar-refractivity contribution is -0.697.